The van der Waals surface area contributed by atoms with Gasteiger partial charge < -0.3 is 25.2 Å². The zero-order valence-corrected chi connectivity index (χ0v) is 21.1. The summed E-state index contributed by atoms with van der Waals surface area (Å²) in [6.07, 6.45) is 0. The fourth-order valence-corrected chi connectivity index (χ4v) is 3.83. The second-order valence-corrected chi connectivity index (χ2v) is 7.78. The SMILES string of the molecule is CCNC(=NCC(=O)N1CCN(c2ccccc2)CC1)NCC(C)N1CCOCC1.I. The molecule has 174 valence electrons. The van der Waals surface area contributed by atoms with Gasteiger partial charge in [0.1, 0.15) is 6.54 Å². The minimum Gasteiger partial charge on any atom is -0.379 e. The molecule has 9 heteroatoms. The summed E-state index contributed by atoms with van der Waals surface area (Å²) in [6, 6.07) is 10.8. The van der Waals surface area contributed by atoms with Crippen molar-refractivity contribution in [3.8, 4) is 0 Å². The number of hydrogen-bond donors (Lipinski definition) is 2. The number of aliphatic imine (C=N–C) groups is 1. The van der Waals surface area contributed by atoms with Gasteiger partial charge in [0.2, 0.25) is 5.91 Å². The molecule has 2 aliphatic rings. The van der Waals surface area contributed by atoms with E-state index in [2.05, 4.69) is 56.6 Å². The highest BCUT2D eigenvalue weighted by Crippen LogP contribution is 2.15. The molecule has 0 bridgehead atoms. The third-order valence-electron chi connectivity index (χ3n) is 5.70. The Hall–Kier alpha value is -1.59. The number of ether oxygens (including phenoxy) is 1. The van der Waals surface area contributed by atoms with Gasteiger partial charge in [-0.1, -0.05) is 18.2 Å². The number of nitrogens with zero attached hydrogens (tertiary/aromatic N) is 4. The average molecular weight is 544 g/mol. The summed E-state index contributed by atoms with van der Waals surface area (Å²) < 4.78 is 5.43. The van der Waals surface area contributed by atoms with Crippen molar-refractivity contribution in [1.29, 1.82) is 0 Å². The lowest BCUT2D eigenvalue weighted by Gasteiger charge is -2.36. The Morgan fingerprint density at radius 3 is 2.39 bits per heavy atom. The normalized spacial score (nSPS) is 18.8. The molecule has 2 fully saturated rings. The van der Waals surface area contributed by atoms with Crippen LogP contribution in [0.15, 0.2) is 35.3 Å². The van der Waals surface area contributed by atoms with E-state index in [4.69, 9.17) is 4.74 Å². The maximum atomic E-state index is 12.7. The predicted octanol–water partition coefficient (Wildman–Crippen LogP) is 1.23. The smallest absolute Gasteiger partial charge is 0.244 e. The number of carbonyl (C=O) groups excluding carboxylic acids is 1. The van der Waals surface area contributed by atoms with Gasteiger partial charge in [0.05, 0.1) is 13.2 Å². The van der Waals surface area contributed by atoms with Crippen molar-refractivity contribution in [2.45, 2.75) is 19.9 Å². The highest BCUT2D eigenvalue weighted by Gasteiger charge is 2.21. The monoisotopic (exact) mass is 544 g/mol. The van der Waals surface area contributed by atoms with Crippen LogP contribution in [-0.2, 0) is 9.53 Å². The van der Waals surface area contributed by atoms with Crippen molar-refractivity contribution < 1.29 is 9.53 Å². The second-order valence-electron chi connectivity index (χ2n) is 7.78. The molecule has 0 spiro atoms. The van der Waals surface area contributed by atoms with E-state index >= 15 is 0 Å². The molecule has 2 N–H and O–H groups in total. The van der Waals surface area contributed by atoms with Gasteiger partial charge in [-0.2, -0.15) is 0 Å². The van der Waals surface area contributed by atoms with Crippen molar-refractivity contribution in [2.75, 3.05) is 77.0 Å². The number of nitrogens with one attached hydrogen (secondary N) is 2. The van der Waals surface area contributed by atoms with Crippen LogP contribution in [-0.4, -0.2) is 99.8 Å². The number of guanidine groups is 1. The minimum absolute atomic E-state index is 0. The van der Waals surface area contributed by atoms with Crippen molar-refractivity contribution in [2.24, 2.45) is 4.99 Å². The van der Waals surface area contributed by atoms with Crippen LogP contribution >= 0.6 is 24.0 Å². The molecule has 0 radical (unpaired) electrons. The number of piperazine rings is 1. The van der Waals surface area contributed by atoms with Crippen LogP contribution in [0.5, 0.6) is 0 Å². The fourth-order valence-electron chi connectivity index (χ4n) is 3.83. The van der Waals surface area contributed by atoms with E-state index in [0.717, 1.165) is 65.6 Å². The first-order chi connectivity index (χ1) is 14.7. The van der Waals surface area contributed by atoms with E-state index in [-0.39, 0.29) is 36.4 Å². The van der Waals surface area contributed by atoms with Crippen LogP contribution in [0.25, 0.3) is 0 Å². The van der Waals surface area contributed by atoms with Gasteiger partial charge in [0.25, 0.3) is 0 Å². The number of halogens is 1. The third-order valence-corrected chi connectivity index (χ3v) is 5.70. The topological polar surface area (TPSA) is 72.4 Å². The molecule has 1 unspecified atom stereocenters. The van der Waals surface area contributed by atoms with E-state index in [1.54, 1.807) is 0 Å². The Labute approximate surface area is 203 Å². The Morgan fingerprint density at radius 1 is 1.06 bits per heavy atom. The Balaban J connectivity index is 0.00000341. The van der Waals surface area contributed by atoms with Gasteiger partial charge in [-0.05, 0) is 26.0 Å². The van der Waals surface area contributed by atoms with Gasteiger partial charge in [0.15, 0.2) is 5.96 Å². The number of amides is 1. The van der Waals surface area contributed by atoms with E-state index in [1.807, 2.05) is 17.9 Å². The van der Waals surface area contributed by atoms with Crippen LogP contribution < -0.4 is 15.5 Å². The highest BCUT2D eigenvalue weighted by molar-refractivity contribution is 14.0. The molecule has 0 saturated carbocycles. The molecule has 0 aromatic heterocycles. The van der Waals surface area contributed by atoms with Crippen molar-refractivity contribution in [1.82, 2.24) is 20.4 Å². The first-order valence-electron chi connectivity index (χ1n) is 11.1. The lowest BCUT2D eigenvalue weighted by atomic mass is 10.2. The molecule has 3 rings (SSSR count). The van der Waals surface area contributed by atoms with Crippen LogP contribution in [0.3, 0.4) is 0 Å². The first-order valence-corrected chi connectivity index (χ1v) is 11.1. The van der Waals surface area contributed by atoms with Gasteiger partial charge in [-0.15, -0.1) is 24.0 Å². The molecule has 1 aromatic carbocycles. The number of carbonyl (C=O) groups is 1. The molecule has 1 amide bonds. The Kier molecular flexibility index (Phi) is 11.4. The standard InChI is InChI=1S/C22H36N6O2.HI/c1-3-23-22(24-17-19(2)26-13-15-30-16-14-26)25-18-21(29)28-11-9-27(10-12-28)20-7-5-4-6-8-20;/h4-8,19H,3,9-18H2,1-2H3,(H2,23,24,25);1H. The summed E-state index contributed by atoms with van der Waals surface area (Å²) in [4.78, 5) is 23.8. The van der Waals surface area contributed by atoms with E-state index in [1.165, 1.54) is 5.69 Å². The summed E-state index contributed by atoms with van der Waals surface area (Å²) in [7, 11) is 0. The molecule has 0 aliphatic carbocycles. The third kappa shape index (κ3) is 8.12. The molecule has 31 heavy (non-hydrogen) atoms. The van der Waals surface area contributed by atoms with E-state index in [0.29, 0.717) is 12.0 Å². The van der Waals surface area contributed by atoms with E-state index < -0.39 is 0 Å². The number of morpholine rings is 1. The van der Waals surface area contributed by atoms with Crippen molar-refractivity contribution >= 4 is 41.5 Å². The highest BCUT2D eigenvalue weighted by atomic mass is 127. The van der Waals surface area contributed by atoms with Crippen molar-refractivity contribution in [3.63, 3.8) is 0 Å². The molecule has 2 aliphatic heterocycles. The van der Waals surface area contributed by atoms with Crippen LogP contribution in [0.2, 0.25) is 0 Å². The van der Waals surface area contributed by atoms with E-state index in [9.17, 15) is 4.79 Å². The largest absolute Gasteiger partial charge is 0.379 e. The Morgan fingerprint density at radius 2 is 1.74 bits per heavy atom. The number of anilines is 1. The summed E-state index contributed by atoms with van der Waals surface area (Å²) in [6.45, 7) is 12.7. The molecule has 2 heterocycles. The molecular weight excluding hydrogens is 507 g/mol. The summed E-state index contributed by atoms with van der Waals surface area (Å²) in [5.74, 6) is 0.787. The van der Waals surface area contributed by atoms with Gasteiger partial charge >= 0.3 is 0 Å². The first kappa shape index (κ1) is 25.7. The average Bonchev–Trinajstić information content (AvgIpc) is 2.81. The quantitative estimate of drug-likeness (QED) is 0.306. The van der Waals surface area contributed by atoms with Gasteiger partial charge in [-0.25, -0.2) is 4.99 Å². The maximum absolute atomic E-state index is 12.7. The minimum atomic E-state index is 0. The maximum Gasteiger partial charge on any atom is 0.244 e. The number of benzene rings is 1. The van der Waals surface area contributed by atoms with Crippen LogP contribution in [0, 0.1) is 0 Å². The molecule has 8 nitrogen and oxygen atoms in total. The van der Waals surface area contributed by atoms with Gasteiger partial charge in [-0.3, -0.25) is 9.69 Å². The predicted molar refractivity (Wildman–Crippen MR) is 136 cm³/mol. The van der Waals surface area contributed by atoms with Crippen LogP contribution in [0.4, 0.5) is 5.69 Å². The fraction of sp³-hybridized carbons (Fsp3) is 0.636. The summed E-state index contributed by atoms with van der Waals surface area (Å²) >= 11 is 0. The number of hydrogen-bond acceptors (Lipinski definition) is 5. The Bertz CT molecular complexity index is 676. The molecular formula is C22H37IN6O2. The zero-order valence-electron chi connectivity index (χ0n) is 18.8. The summed E-state index contributed by atoms with van der Waals surface area (Å²) in [5.41, 5.74) is 1.22. The van der Waals surface area contributed by atoms with Crippen molar-refractivity contribution in [3.05, 3.63) is 30.3 Å². The lowest BCUT2D eigenvalue weighted by Crippen LogP contribution is -2.50. The van der Waals surface area contributed by atoms with Gasteiger partial charge in [0, 0.05) is 64.1 Å². The molecule has 2 saturated heterocycles. The molecule has 1 atom stereocenters. The second kappa shape index (κ2) is 13.7. The number of rotatable bonds is 7. The summed E-state index contributed by atoms with van der Waals surface area (Å²) in [5, 5.41) is 6.63. The van der Waals surface area contributed by atoms with Crippen LogP contribution in [0.1, 0.15) is 13.8 Å². The number of para-hydroxylation sites is 1. The molecule has 1 aromatic rings. The lowest BCUT2D eigenvalue weighted by molar-refractivity contribution is -0.129. The zero-order chi connectivity index (χ0) is 21.2.